The molecule has 0 unspecified atom stereocenters. The maximum Gasteiger partial charge on any atom is 0.306 e. The highest BCUT2D eigenvalue weighted by Gasteiger charge is 2.66. The first-order valence-corrected chi connectivity index (χ1v) is 12.4. The molecule has 0 spiro atoms. The molecule has 6 heteroatoms. The Morgan fingerprint density at radius 2 is 1.82 bits per heavy atom. The number of hydrogen-bond acceptors (Lipinski definition) is 6. The Kier molecular flexibility index (Phi) is 6.10. The molecule has 0 N–H and O–H groups in total. The lowest BCUT2D eigenvalue weighted by molar-refractivity contribution is -0.150. The number of carbonyl (C=O) groups excluding carboxylic acids is 2. The van der Waals surface area contributed by atoms with Gasteiger partial charge in [-0.25, -0.2) is 0 Å². The van der Waals surface area contributed by atoms with Gasteiger partial charge in [0.1, 0.15) is 12.0 Å². The minimum Gasteiger partial charge on any atom is -0.469 e. The van der Waals surface area contributed by atoms with Gasteiger partial charge in [-0.1, -0.05) is 25.5 Å². The van der Waals surface area contributed by atoms with Crippen molar-refractivity contribution < 1.29 is 19.1 Å². The van der Waals surface area contributed by atoms with E-state index in [1.54, 1.807) is 0 Å². The third kappa shape index (κ3) is 3.49. The maximum atomic E-state index is 12.5. The smallest absolute Gasteiger partial charge is 0.306 e. The van der Waals surface area contributed by atoms with E-state index in [-0.39, 0.29) is 35.3 Å². The van der Waals surface area contributed by atoms with E-state index < -0.39 is 11.3 Å². The van der Waals surface area contributed by atoms with Crippen molar-refractivity contribution in [2.24, 2.45) is 39.9 Å². The lowest BCUT2D eigenvalue weighted by atomic mass is 9.44. The summed E-state index contributed by atoms with van der Waals surface area (Å²) in [6, 6.07) is 4.49. The largest absolute Gasteiger partial charge is 0.469 e. The second-order valence-electron chi connectivity index (χ2n) is 11.3. The van der Waals surface area contributed by atoms with E-state index >= 15 is 0 Å². The Hall–Kier alpha value is -2.34. The summed E-state index contributed by atoms with van der Waals surface area (Å²) in [5.41, 5.74) is 0.653. The summed E-state index contributed by atoms with van der Waals surface area (Å²) in [6.45, 7) is 6.12. The monoisotopic (exact) mass is 452 g/mol. The van der Waals surface area contributed by atoms with Crippen LogP contribution in [-0.2, 0) is 19.1 Å². The molecule has 0 aliphatic heterocycles. The summed E-state index contributed by atoms with van der Waals surface area (Å²) in [4.78, 5) is 24.0. The van der Waals surface area contributed by atoms with Crippen LogP contribution in [0.2, 0.25) is 0 Å². The van der Waals surface area contributed by atoms with Crippen molar-refractivity contribution in [2.75, 3.05) is 7.11 Å². The number of hydrogen-bond donors (Lipinski definition) is 0. The van der Waals surface area contributed by atoms with Gasteiger partial charge in [0.2, 0.25) is 0 Å². The van der Waals surface area contributed by atoms with Crippen molar-refractivity contribution in [1.29, 1.82) is 10.5 Å². The number of methoxy groups -OCH3 is 1. The molecule has 178 valence electrons. The molecule has 0 bridgehead atoms. The van der Waals surface area contributed by atoms with Gasteiger partial charge in [0.05, 0.1) is 25.7 Å². The molecular weight excluding hydrogens is 416 g/mol. The fourth-order valence-electron chi connectivity index (χ4n) is 8.60. The van der Waals surface area contributed by atoms with Crippen molar-refractivity contribution in [2.45, 2.75) is 84.7 Å². The number of allylic oxidation sites excluding steroid dienone is 1. The molecular formula is C27H36N2O4. The molecule has 4 aliphatic rings. The molecule has 3 saturated carbocycles. The van der Waals surface area contributed by atoms with Gasteiger partial charge < -0.3 is 9.47 Å². The molecule has 0 saturated heterocycles. The van der Waals surface area contributed by atoms with Gasteiger partial charge in [-0.15, -0.1) is 0 Å². The number of carbonyl (C=O) groups is 2. The van der Waals surface area contributed by atoms with Crippen LogP contribution in [0.15, 0.2) is 11.6 Å². The fraction of sp³-hybridized carbons (Fsp3) is 0.778. The van der Waals surface area contributed by atoms with Crippen LogP contribution in [-0.4, -0.2) is 25.2 Å². The number of nitriles is 2. The Bertz CT molecular complexity index is 931. The SMILES string of the molecule is COC(=O)C[C@]1(C(C#N)C#N)CC[C@H]2[C@@H]3CC=C4C[C@@H](OC(C)=O)CC[C@]4(C)[C@H]3CC[C@@]21C. The third-order valence-electron chi connectivity index (χ3n) is 10.3. The Labute approximate surface area is 197 Å². The summed E-state index contributed by atoms with van der Waals surface area (Å²) in [6.07, 6.45) is 9.89. The second kappa shape index (κ2) is 8.46. The molecule has 4 aliphatic carbocycles. The first kappa shape index (κ1) is 23.8. The topological polar surface area (TPSA) is 100 Å². The molecule has 3 fully saturated rings. The summed E-state index contributed by atoms with van der Waals surface area (Å²) >= 11 is 0. The van der Waals surface area contributed by atoms with E-state index in [1.165, 1.54) is 19.6 Å². The van der Waals surface area contributed by atoms with E-state index in [0.29, 0.717) is 17.8 Å². The molecule has 0 aromatic heterocycles. The number of fused-ring (bicyclic) bond motifs is 5. The summed E-state index contributed by atoms with van der Waals surface area (Å²) in [7, 11) is 1.38. The standard InChI is InChI=1S/C27H36N2O4/c1-17(30)33-20-7-10-25(2)18(13-20)5-6-21-22(25)8-11-26(3)23(21)9-12-27(26,14-24(31)32-4)19(15-28)16-29/h5,19-23H,6-14H2,1-4H3/t20-,21+,22-,23-,25-,26-,27-/m0/s1. The highest BCUT2D eigenvalue weighted by Crippen LogP contribution is 2.72. The average Bonchev–Trinajstić information content (AvgIpc) is 3.07. The summed E-state index contributed by atoms with van der Waals surface area (Å²) in [5, 5.41) is 19.8. The van der Waals surface area contributed by atoms with Gasteiger partial charge in [-0.2, -0.15) is 10.5 Å². The van der Waals surface area contributed by atoms with Crippen LogP contribution in [0.25, 0.3) is 0 Å². The fourth-order valence-corrected chi connectivity index (χ4v) is 8.60. The zero-order chi connectivity index (χ0) is 24.0. The Balaban J connectivity index is 1.66. The van der Waals surface area contributed by atoms with E-state index in [2.05, 4.69) is 32.1 Å². The number of esters is 2. The van der Waals surface area contributed by atoms with E-state index in [4.69, 9.17) is 9.47 Å². The van der Waals surface area contributed by atoms with Gasteiger partial charge in [0.15, 0.2) is 0 Å². The normalized spacial score (nSPS) is 41.5. The minimum atomic E-state index is -0.812. The van der Waals surface area contributed by atoms with Gasteiger partial charge in [0, 0.05) is 18.8 Å². The first-order chi connectivity index (χ1) is 15.6. The zero-order valence-corrected chi connectivity index (χ0v) is 20.4. The molecule has 6 nitrogen and oxygen atoms in total. The summed E-state index contributed by atoms with van der Waals surface area (Å²) < 4.78 is 10.6. The van der Waals surface area contributed by atoms with E-state index in [9.17, 15) is 20.1 Å². The van der Waals surface area contributed by atoms with Crippen LogP contribution in [0.4, 0.5) is 0 Å². The van der Waals surface area contributed by atoms with Crippen molar-refractivity contribution in [3.63, 3.8) is 0 Å². The number of ether oxygens (including phenoxy) is 2. The van der Waals surface area contributed by atoms with Crippen LogP contribution in [0, 0.1) is 62.6 Å². The molecule has 7 atom stereocenters. The van der Waals surface area contributed by atoms with E-state index in [0.717, 1.165) is 51.4 Å². The molecule has 0 heterocycles. The predicted molar refractivity (Wildman–Crippen MR) is 121 cm³/mol. The van der Waals surface area contributed by atoms with Crippen LogP contribution < -0.4 is 0 Å². The van der Waals surface area contributed by atoms with Crippen LogP contribution >= 0.6 is 0 Å². The quantitative estimate of drug-likeness (QED) is 0.435. The van der Waals surface area contributed by atoms with Crippen molar-refractivity contribution in [3.05, 3.63) is 11.6 Å². The van der Waals surface area contributed by atoms with Crippen LogP contribution in [0.1, 0.15) is 78.6 Å². The number of rotatable bonds is 4. The zero-order valence-electron chi connectivity index (χ0n) is 20.4. The molecule has 0 radical (unpaired) electrons. The van der Waals surface area contributed by atoms with Gasteiger partial charge in [-0.3, -0.25) is 9.59 Å². The molecule has 0 aromatic rings. The third-order valence-corrected chi connectivity index (χ3v) is 10.3. The van der Waals surface area contributed by atoms with Crippen molar-refractivity contribution in [3.8, 4) is 12.1 Å². The van der Waals surface area contributed by atoms with Gasteiger partial charge >= 0.3 is 11.9 Å². The van der Waals surface area contributed by atoms with Crippen molar-refractivity contribution in [1.82, 2.24) is 0 Å². The van der Waals surface area contributed by atoms with E-state index in [1.807, 2.05) is 0 Å². The Morgan fingerprint density at radius 3 is 2.45 bits per heavy atom. The van der Waals surface area contributed by atoms with Crippen LogP contribution in [0.5, 0.6) is 0 Å². The predicted octanol–water partition coefficient (Wildman–Crippen LogP) is 5.09. The summed E-state index contributed by atoms with van der Waals surface area (Å²) in [5.74, 6) is 0.0732. The van der Waals surface area contributed by atoms with Gasteiger partial charge in [-0.05, 0) is 73.5 Å². The maximum absolute atomic E-state index is 12.5. The van der Waals surface area contributed by atoms with Gasteiger partial charge in [0.25, 0.3) is 0 Å². The van der Waals surface area contributed by atoms with Crippen LogP contribution in [0.3, 0.4) is 0 Å². The first-order valence-electron chi connectivity index (χ1n) is 12.4. The lowest BCUT2D eigenvalue weighted by Gasteiger charge is -2.60. The lowest BCUT2D eigenvalue weighted by Crippen LogP contribution is -2.54. The molecule has 33 heavy (non-hydrogen) atoms. The molecule has 4 rings (SSSR count). The second-order valence-corrected chi connectivity index (χ2v) is 11.3. The Morgan fingerprint density at radius 1 is 1.12 bits per heavy atom. The number of nitrogens with zero attached hydrogens (tertiary/aromatic N) is 2. The highest BCUT2D eigenvalue weighted by atomic mass is 16.5. The highest BCUT2D eigenvalue weighted by molar-refractivity contribution is 5.70. The van der Waals surface area contributed by atoms with Crippen molar-refractivity contribution >= 4 is 11.9 Å². The molecule has 0 amide bonds. The average molecular weight is 453 g/mol. The minimum absolute atomic E-state index is 0.0153. The molecule has 0 aromatic carbocycles.